The van der Waals surface area contributed by atoms with E-state index in [1.807, 2.05) is 6.07 Å². The van der Waals surface area contributed by atoms with Crippen LogP contribution in [-0.4, -0.2) is 51.9 Å². The Kier molecular flexibility index (Phi) is 6.92. The fourth-order valence-corrected chi connectivity index (χ4v) is 4.87. The Labute approximate surface area is 204 Å². The Balaban J connectivity index is 1.47. The topological polar surface area (TPSA) is 90.0 Å². The maximum absolute atomic E-state index is 13.9. The first-order chi connectivity index (χ1) is 17.0. The van der Waals surface area contributed by atoms with Gasteiger partial charge in [-0.3, -0.25) is 14.5 Å². The van der Waals surface area contributed by atoms with Gasteiger partial charge in [-0.05, 0) is 60.6 Å². The van der Waals surface area contributed by atoms with Crippen molar-refractivity contribution in [2.24, 2.45) is 0 Å². The molecule has 0 aliphatic carbocycles. The summed E-state index contributed by atoms with van der Waals surface area (Å²) in [5.74, 6) is -2.18. The number of carboxylic acid groups (broad SMARTS) is 1. The van der Waals surface area contributed by atoms with E-state index in [1.165, 1.54) is 4.90 Å². The highest BCUT2D eigenvalue weighted by Crippen LogP contribution is 2.33. The molecular formula is C25H25F4N3O4. The van der Waals surface area contributed by atoms with Gasteiger partial charge in [-0.2, -0.15) is 13.2 Å². The molecule has 36 heavy (non-hydrogen) atoms. The summed E-state index contributed by atoms with van der Waals surface area (Å²) in [5, 5.41) is 12.2. The molecule has 0 bridgehead atoms. The number of nitrogens with zero attached hydrogens (tertiary/aromatic N) is 2. The summed E-state index contributed by atoms with van der Waals surface area (Å²) in [6.45, 7) is 2.75. The average molecular weight is 507 g/mol. The number of carbonyl (C=O) groups excluding carboxylic acids is 2. The molecule has 0 radical (unpaired) electrons. The quantitative estimate of drug-likeness (QED) is 0.602. The fourth-order valence-electron chi connectivity index (χ4n) is 4.87. The fraction of sp³-hybridized carbons (Fsp3) is 0.400. The number of carbonyl (C=O) groups is 3. The number of nitrogens with one attached hydrogen (secondary N) is 1. The highest BCUT2D eigenvalue weighted by atomic mass is 19.4. The van der Waals surface area contributed by atoms with Crippen LogP contribution in [0.1, 0.15) is 40.7 Å². The zero-order valence-corrected chi connectivity index (χ0v) is 19.5. The molecule has 2 N–H and O–H groups in total. The van der Waals surface area contributed by atoms with Gasteiger partial charge in [-0.15, -0.1) is 0 Å². The van der Waals surface area contributed by atoms with Crippen molar-refractivity contribution in [3.05, 3.63) is 64.0 Å². The van der Waals surface area contributed by atoms with E-state index in [2.05, 4.69) is 5.32 Å². The van der Waals surface area contributed by atoms with Crippen LogP contribution in [0, 0.1) is 12.7 Å². The van der Waals surface area contributed by atoms with Crippen LogP contribution in [0.25, 0.3) is 0 Å². The summed E-state index contributed by atoms with van der Waals surface area (Å²) in [4.78, 5) is 39.9. The third-order valence-corrected chi connectivity index (χ3v) is 6.67. The number of aryl methyl sites for hydroxylation is 1. The van der Waals surface area contributed by atoms with E-state index in [1.54, 1.807) is 17.9 Å². The van der Waals surface area contributed by atoms with Crippen LogP contribution >= 0.6 is 0 Å². The molecule has 1 atom stereocenters. The maximum Gasteiger partial charge on any atom is 0.419 e. The van der Waals surface area contributed by atoms with Crippen molar-refractivity contribution >= 4 is 23.6 Å². The van der Waals surface area contributed by atoms with Crippen LogP contribution in [-0.2, 0) is 35.2 Å². The van der Waals surface area contributed by atoms with E-state index in [0.717, 1.165) is 22.8 Å². The zero-order chi connectivity index (χ0) is 26.2. The van der Waals surface area contributed by atoms with Crippen LogP contribution < -0.4 is 5.32 Å². The van der Waals surface area contributed by atoms with Gasteiger partial charge in [0, 0.05) is 25.3 Å². The molecule has 2 aliphatic rings. The average Bonchev–Trinajstić information content (AvgIpc) is 3.30. The predicted molar refractivity (Wildman–Crippen MR) is 122 cm³/mol. The SMILES string of the molecule is Cc1ccc2c(c1NC(=O)Cc1ccc(C(F)(F)F)c(F)c1)CCN(C(=O)C1CCCN1C(=O)O)C2. The van der Waals surface area contributed by atoms with Gasteiger partial charge in [0.15, 0.2) is 0 Å². The van der Waals surface area contributed by atoms with E-state index in [-0.39, 0.29) is 24.4 Å². The molecule has 0 aromatic heterocycles. The minimum absolute atomic E-state index is 0.108. The number of hydrogen-bond donors (Lipinski definition) is 2. The summed E-state index contributed by atoms with van der Waals surface area (Å²) in [6.07, 6.45) is -4.69. The Morgan fingerprint density at radius 3 is 2.56 bits per heavy atom. The van der Waals surface area contributed by atoms with E-state index in [0.29, 0.717) is 50.2 Å². The number of halogens is 4. The van der Waals surface area contributed by atoms with Gasteiger partial charge in [0.25, 0.3) is 0 Å². The van der Waals surface area contributed by atoms with Gasteiger partial charge in [0.1, 0.15) is 11.9 Å². The summed E-state index contributed by atoms with van der Waals surface area (Å²) in [7, 11) is 0. The lowest BCUT2D eigenvalue weighted by Gasteiger charge is -2.34. The van der Waals surface area contributed by atoms with Gasteiger partial charge in [0.05, 0.1) is 12.0 Å². The molecule has 0 saturated carbocycles. The summed E-state index contributed by atoms with van der Waals surface area (Å²) in [6, 6.07) is 5.36. The van der Waals surface area contributed by atoms with Crippen molar-refractivity contribution < 1.29 is 37.1 Å². The number of amides is 3. The molecule has 4 rings (SSSR count). The van der Waals surface area contributed by atoms with Crippen LogP contribution in [0.15, 0.2) is 30.3 Å². The first-order valence-corrected chi connectivity index (χ1v) is 11.5. The molecular weight excluding hydrogens is 482 g/mol. The van der Waals surface area contributed by atoms with Crippen LogP contribution in [0.3, 0.4) is 0 Å². The Hall–Kier alpha value is -3.63. The first kappa shape index (κ1) is 25.5. The van der Waals surface area contributed by atoms with E-state index in [4.69, 9.17) is 0 Å². The molecule has 11 heteroatoms. The number of fused-ring (bicyclic) bond motifs is 1. The van der Waals surface area contributed by atoms with E-state index in [9.17, 15) is 37.1 Å². The molecule has 3 amide bonds. The van der Waals surface area contributed by atoms with Crippen molar-refractivity contribution in [2.45, 2.75) is 51.4 Å². The lowest BCUT2D eigenvalue weighted by Crippen LogP contribution is -2.48. The number of hydrogen-bond acceptors (Lipinski definition) is 3. The second-order valence-corrected chi connectivity index (χ2v) is 9.08. The molecule has 2 aromatic carbocycles. The zero-order valence-electron chi connectivity index (χ0n) is 19.5. The van der Waals surface area contributed by atoms with Crippen molar-refractivity contribution in [1.82, 2.24) is 9.80 Å². The number of likely N-dealkylation sites (tertiary alicyclic amines) is 1. The normalized spacial score (nSPS) is 17.6. The number of benzene rings is 2. The molecule has 1 unspecified atom stereocenters. The minimum atomic E-state index is -4.82. The number of rotatable bonds is 4. The first-order valence-electron chi connectivity index (χ1n) is 11.5. The van der Waals surface area contributed by atoms with Crippen LogP contribution in [0.5, 0.6) is 0 Å². The van der Waals surface area contributed by atoms with Crippen molar-refractivity contribution in [3.8, 4) is 0 Å². The van der Waals surface area contributed by atoms with Gasteiger partial charge in [0.2, 0.25) is 11.8 Å². The van der Waals surface area contributed by atoms with Crippen molar-refractivity contribution in [3.63, 3.8) is 0 Å². The highest BCUT2D eigenvalue weighted by molar-refractivity contribution is 5.94. The second-order valence-electron chi connectivity index (χ2n) is 9.08. The van der Waals surface area contributed by atoms with Crippen molar-refractivity contribution in [2.75, 3.05) is 18.4 Å². The Morgan fingerprint density at radius 2 is 1.89 bits per heavy atom. The monoisotopic (exact) mass is 507 g/mol. The molecule has 1 saturated heterocycles. The third kappa shape index (κ3) is 5.14. The maximum atomic E-state index is 13.9. The second kappa shape index (κ2) is 9.79. The smallest absolute Gasteiger partial charge is 0.419 e. The van der Waals surface area contributed by atoms with Gasteiger partial charge in [-0.1, -0.05) is 18.2 Å². The molecule has 7 nitrogen and oxygen atoms in total. The van der Waals surface area contributed by atoms with Crippen molar-refractivity contribution in [1.29, 1.82) is 0 Å². The summed E-state index contributed by atoms with van der Waals surface area (Å²) in [5.41, 5.74) is 1.71. The molecule has 1 fully saturated rings. The largest absolute Gasteiger partial charge is 0.465 e. The predicted octanol–water partition coefficient (Wildman–Crippen LogP) is 4.36. The van der Waals surface area contributed by atoms with Gasteiger partial charge in [-0.25, -0.2) is 9.18 Å². The Bertz CT molecular complexity index is 1210. The number of anilines is 1. The summed E-state index contributed by atoms with van der Waals surface area (Å²) >= 11 is 0. The molecule has 2 heterocycles. The molecule has 0 spiro atoms. The molecule has 2 aromatic rings. The van der Waals surface area contributed by atoms with E-state index >= 15 is 0 Å². The van der Waals surface area contributed by atoms with E-state index < -0.39 is 35.6 Å². The minimum Gasteiger partial charge on any atom is -0.465 e. The Morgan fingerprint density at radius 1 is 1.14 bits per heavy atom. The van der Waals surface area contributed by atoms with Gasteiger partial charge >= 0.3 is 12.3 Å². The highest BCUT2D eigenvalue weighted by Gasteiger charge is 2.38. The number of alkyl halides is 3. The van der Waals surface area contributed by atoms with Crippen LogP contribution in [0.4, 0.5) is 28.0 Å². The molecule has 2 aliphatic heterocycles. The summed E-state index contributed by atoms with van der Waals surface area (Å²) < 4.78 is 52.2. The van der Waals surface area contributed by atoms with Crippen LogP contribution in [0.2, 0.25) is 0 Å². The van der Waals surface area contributed by atoms with Gasteiger partial charge < -0.3 is 15.3 Å². The standard InChI is InChI=1S/C25H25F4N3O4/c1-14-4-6-16-13-31(23(34)20-3-2-9-32(20)24(35)36)10-8-17(16)22(14)30-21(33)12-15-5-7-18(19(26)11-15)25(27,28)29/h4-7,11,20H,2-3,8-10,12-13H2,1H3,(H,30,33)(H,35,36). The third-order valence-electron chi connectivity index (χ3n) is 6.67. The lowest BCUT2D eigenvalue weighted by molar-refractivity contribution is -0.140. The lowest BCUT2D eigenvalue weighted by atomic mass is 9.94. The molecule has 192 valence electrons.